The summed E-state index contributed by atoms with van der Waals surface area (Å²) in [4.78, 5) is 12.7. The van der Waals surface area contributed by atoms with Gasteiger partial charge in [-0.05, 0) is 62.6 Å². The molecule has 0 saturated carbocycles. The molecule has 1 heterocycles. The number of piperidine rings is 1. The molecule has 2 aromatic carbocycles. The number of benzene rings is 2. The van der Waals surface area contributed by atoms with Crippen LogP contribution in [0.25, 0.3) is 0 Å². The third kappa shape index (κ3) is 6.26. The number of rotatable bonds is 7. The van der Waals surface area contributed by atoms with E-state index in [0.717, 1.165) is 17.7 Å². The Morgan fingerprint density at radius 1 is 1.09 bits per heavy atom. The fourth-order valence-electron chi connectivity index (χ4n) is 3.81. The maximum absolute atomic E-state index is 13.0. The molecule has 3 rings (SSSR count). The highest BCUT2D eigenvalue weighted by atomic mass is 32.2. The quantitative estimate of drug-likeness (QED) is 0.605. The first-order chi connectivity index (χ1) is 15.5. The predicted octanol–water partition coefficient (Wildman–Crippen LogP) is 3.92. The van der Waals surface area contributed by atoms with E-state index in [2.05, 4.69) is 5.32 Å². The molecule has 2 aromatic rings. The molecule has 180 valence electrons. The minimum atomic E-state index is -4.40. The van der Waals surface area contributed by atoms with Crippen LogP contribution in [0.2, 0.25) is 0 Å². The molecule has 0 aromatic heterocycles. The van der Waals surface area contributed by atoms with Gasteiger partial charge in [-0.1, -0.05) is 17.7 Å². The standard InChI is InChI=1S/C23H27F3N2O4S/c1-16-3-8-21(17(2)15-16)33(30,31)28-12-9-18(10-13-28)22(29)27-11-14-32-20-6-4-19(5-7-20)23(24,25)26/h3-8,15,18H,9-14H2,1-2H3,(H,27,29). The first-order valence-electron chi connectivity index (χ1n) is 10.6. The van der Waals surface area contributed by atoms with Gasteiger partial charge in [-0.2, -0.15) is 17.5 Å². The van der Waals surface area contributed by atoms with Crippen molar-refractivity contribution in [3.63, 3.8) is 0 Å². The summed E-state index contributed by atoms with van der Waals surface area (Å²) >= 11 is 0. The first-order valence-corrected chi connectivity index (χ1v) is 12.1. The van der Waals surface area contributed by atoms with E-state index in [1.165, 1.54) is 16.4 Å². The van der Waals surface area contributed by atoms with Crippen LogP contribution in [0.5, 0.6) is 5.75 Å². The van der Waals surface area contributed by atoms with Gasteiger partial charge in [0.15, 0.2) is 0 Å². The van der Waals surface area contributed by atoms with Crippen LogP contribution in [0, 0.1) is 19.8 Å². The van der Waals surface area contributed by atoms with Crippen LogP contribution in [0.15, 0.2) is 47.4 Å². The van der Waals surface area contributed by atoms with Crippen molar-refractivity contribution in [3.8, 4) is 5.75 Å². The molecule has 1 N–H and O–H groups in total. The lowest BCUT2D eigenvalue weighted by Crippen LogP contribution is -2.43. The van der Waals surface area contributed by atoms with E-state index in [9.17, 15) is 26.4 Å². The van der Waals surface area contributed by atoms with Gasteiger partial charge in [-0.25, -0.2) is 8.42 Å². The molecule has 0 radical (unpaired) electrons. The van der Waals surface area contributed by atoms with E-state index in [1.54, 1.807) is 19.1 Å². The summed E-state index contributed by atoms with van der Waals surface area (Å²) in [6.45, 7) is 4.50. The third-order valence-corrected chi connectivity index (χ3v) is 7.68. The molecule has 33 heavy (non-hydrogen) atoms. The van der Waals surface area contributed by atoms with Crippen LogP contribution < -0.4 is 10.1 Å². The van der Waals surface area contributed by atoms with Gasteiger partial charge in [-0.15, -0.1) is 0 Å². The molecule has 6 nitrogen and oxygen atoms in total. The smallest absolute Gasteiger partial charge is 0.416 e. The predicted molar refractivity (Wildman–Crippen MR) is 117 cm³/mol. The zero-order chi connectivity index (χ0) is 24.2. The van der Waals surface area contributed by atoms with Crippen molar-refractivity contribution in [1.29, 1.82) is 0 Å². The zero-order valence-electron chi connectivity index (χ0n) is 18.5. The number of hydrogen-bond donors (Lipinski definition) is 1. The van der Waals surface area contributed by atoms with Crippen LogP contribution in [-0.2, 0) is 21.0 Å². The maximum atomic E-state index is 13.0. The number of ether oxygens (including phenoxy) is 1. The lowest BCUT2D eigenvalue weighted by Gasteiger charge is -2.31. The second-order valence-corrected chi connectivity index (χ2v) is 10.0. The van der Waals surface area contributed by atoms with E-state index in [-0.39, 0.29) is 48.7 Å². The summed E-state index contributed by atoms with van der Waals surface area (Å²) in [5.41, 5.74) is 0.932. The summed E-state index contributed by atoms with van der Waals surface area (Å²) in [6, 6.07) is 9.57. The average Bonchev–Trinajstić information content (AvgIpc) is 2.76. The van der Waals surface area contributed by atoms with Crippen molar-refractivity contribution in [2.45, 2.75) is 37.8 Å². The molecule has 0 unspecified atom stereocenters. The number of alkyl halides is 3. The number of carbonyl (C=O) groups is 1. The second-order valence-electron chi connectivity index (χ2n) is 8.11. The lowest BCUT2D eigenvalue weighted by molar-refractivity contribution is -0.137. The Morgan fingerprint density at radius 3 is 2.30 bits per heavy atom. The van der Waals surface area contributed by atoms with Gasteiger partial charge in [0.05, 0.1) is 17.0 Å². The van der Waals surface area contributed by atoms with Crippen LogP contribution in [0.1, 0.15) is 29.5 Å². The van der Waals surface area contributed by atoms with Gasteiger partial charge in [0.25, 0.3) is 0 Å². The molecule has 0 spiro atoms. The maximum Gasteiger partial charge on any atom is 0.416 e. The summed E-state index contributed by atoms with van der Waals surface area (Å²) < 4.78 is 70.4. The van der Waals surface area contributed by atoms with Crippen molar-refractivity contribution in [2.75, 3.05) is 26.2 Å². The van der Waals surface area contributed by atoms with Crippen LogP contribution in [-0.4, -0.2) is 44.9 Å². The van der Waals surface area contributed by atoms with Crippen molar-refractivity contribution in [1.82, 2.24) is 9.62 Å². The van der Waals surface area contributed by atoms with Crippen molar-refractivity contribution >= 4 is 15.9 Å². The Bertz CT molecular complexity index is 1080. The number of halogens is 3. The number of amides is 1. The molecule has 10 heteroatoms. The van der Waals surface area contributed by atoms with Crippen LogP contribution in [0.4, 0.5) is 13.2 Å². The number of sulfonamides is 1. The topological polar surface area (TPSA) is 75.7 Å². The SMILES string of the molecule is Cc1ccc(S(=O)(=O)N2CCC(C(=O)NCCOc3ccc(C(F)(F)F)cc3)CC2)c(C)c1. The number of aryl methyl sites for hydroxylation is 2. The molecular weight excluding hydrogens is 457 g/mol. The molecule has 1 aliphatic heterocycles. The minimum absolute atomic E-state index is 0.108. The normalized spacial score (nSPS) is 15.9. The van der Waals surface area contributed by atoms with Crippen LogP contribution in [0.3, 0.4) is 0 Å². The van der Waals surface area contributed by atoms with Gasteiger partial charge in [-0.3, -0.25) is 4.79 Å². The van der Waals surface area contributed by atoms with Gasteiger partial charge < -0.3 is 10.1 Å². The molecule has 0 atom stereocenters. The molecule has 1 aliphatic rings. The van der Waals surface area contributed by atoms with Crippen molar-refractivity contribution in [2.24, 2.45) is 5.92 Å². The average molecular weight is 485 g/mol. The van der Waals surface area contributed by atoms with E-state index < -0.39 is 21.8 Å². The van der Waals surface area contributed by atoms with Gasteiger partial charge in [0, 0.05) is 19.0 Å². The van der Waals surface area contributed by atoms with E-state index in [1.807, 2.05) is 13.0 Å². The number of nitrogens with one attached hydrogen (secondary N) is 1. The van der Waals surface area contributed by atoms with Crippen LogP contribution >= 0.6 is 0 Å². The molecule has 0 bridgehead atoms. The molecular formula is C23H27F3N2O4S. The molecule has 1 saturated heterocycles. The zero-order valence-corrected chi connectivity index (χ0v) is 19.3. The highest BCUT2D eigenvalue weighted by Crippen LogP contribution is 2.30. The van der Waals surface area contributed by atoms with Gasteiger partial charge >= 0.3 is 6.18 Å². The minimum Gasteiger partial charge on any atom is -0.492 e. The first kappa shape index (κ1) is 25.0. The molecule has 1 fully saturated rings. The summed E-state index contributed by atoms with van der Waals surface area (Å²) in [7, 11) is -3.61. The Morgan fingerprint density at radius 2 is 1.73 bits per heavy atom. The van der Waals surface area contributed by atoms with Crippen molar-refractivity contribution < 1.29 is 31.1 Å². The Hall–Kier alpha value is -2.59. The second kappa shape index (κ2) is 10.1. The summed E-state index contributed by atoms with van der Waals surface area (Å²) in [5.74, 6) is -0.210. The Balaban J connectivity index is 1.44. The number of nitrogens with zero attached hydrogens (tertiary/aromatic N) is 1. The summed E-state index contributed by atoms with van der Waals surface area (Å²) in [6.07, 6.45) is -3.58. The molecule has 1 amide bonds. The number of hydrogen-bond acceptors (Lipinski definition) is 4. The van der Waals surface area contributed by atoms with Gasteiger partial charge in [0.2, 0.25) is 15.9 Å². The monoisotopic (exact) mass is 484 g/mol. The third-order valence-electron chi connectivity index (χ3n) is 5.62. The van der Waals surface area contributed by atoms with E-state index in [4.69, 9.17) is 4.74 Å². The fourth-order valence-corrected chi connectivity index (χ4v) is 5.49. The highest BCUT2D eigenvalue weighted by molar-refractivity contribution is 7.89. The Labute approximate surface area is 191 Å². The Kier molecular flexibility index (Phi) is 7.69. The fraction of sp³-hybridized carbons (Fsp3) is 0.435. The summed E-state index contributed by atoms with van der Waals surface area (Å²) in [5, 5.41) is 2.75. The molecule has 0 aliphatic carbocycles. The highest BCUT2D eigenvalue weighted by Gasteiger charge is 2.33. The number of carbonyl (C=O) groups excluding carboxylic acids is 1. The van der Waals surface area contributed by atoms with E-state index >= 15 is 0 Å². The van der Waals surface area contributed by atoms with E-state index in [0.29, 0.717) is 18.4 Å². The largest absolute Gasteiger partial charge is 0.492 e. The lowest BCUT2D eigenvalue weighted by atomic mass is 9.97. The van der Waals surface area contributed by atoms with Crippen molar-refractivity contribution in [3.05, 3.63) is 59.2 Å². The van der Waals surface area contributed by atoms with Gasteiger partial charge in [0.1, 0.15) is 12.4 Å².